The zero-order chi connectivity index (χ0) is 11.5. The zero-order valence-electron chi connectivity index (χ0n) is 9.52. The molecule has 1 aromatic carbocycles. The summed E-state index contributed by atoms with van der Waals surface area (Å²) in [6, 6.07) is 10.3. The van der Waals surface area contributed by atoms with E-state index < -0.39 is 0 Å². The Morgan fingerprint density at radius 1 is 1.44 bits per heavy atom. The van der Waals surface area contributed by atoms with Crippen LogP contribution in [0.3, 0.4) is 0 Å². The van der Waals surface area contributed by atoms with Crippen molar-refractivity contribution < 1.29 is 4.79 Å². The van der Waals surface area contributed by atoms with Gasteiger partial charge in [-0.25, -0.2) is 0 Å². The topological polar surface area (TPSA) is 55.1 Å². The quantitative estimate of drug-likeness (QED) is 0.802. The number of nitrogens with two attached hydrogens (primary N) is 1. The molecule has 0 bridgehead atoms. The molecule has 0 saturated carbocycles. The molecule has 3 atom stereocenters. The lowest BCUT2D eigenvalue weighted by atomic mass is 9.86. The predicted molar refractivity (Wildman–Crippen MR) is 63.9 cm³/mol. The Morgan fingerprint density at radius 2 is 2.12 bits per heavy atom. The first-order chi connectivity index (χ1) is 7.68. The molecular formula is C13H18N2O. The van der Waals surface area contributed by atoms with E-state index in [1.807, 2.05) is 6.07 Å². The third kappa shape index (κ3) is 2.25. The summed E-state index contributed by atoms with van der Waals surface area (Å²) in [5, 5.41) is 3.18. The van der Waals surface area contributed by atoms with E-state index >= 15 is 0 Å². The van der Waals surface area contributed by atoms with Crippen molar-refractivity contribution in [3.05, 3.63) is 35.9 Å². The molecule has 1 fully saturated rings. The molecule has 86 valence electrons. The molecule has 1 aliphatic heterocycles. The van der Waals surface area contributed by atoms with Crippen LogP contribution in [-0.4, -0.2) is 18.5 Å². The van der Waals surface area contributed by atoms with Crippen LogP contribution in [0.2, 0.25) is 0 Å². The first-order valence-corrected chi connectivity index (χ1v) is 5.76. The van der Waals surface area contributed by atoms with Crippen LogP contribution in [0.25, 0.3) is 0 Å². The summed E-state index contributed by atoms with van der Waals surface area (Å²) in [7, 11) is 0. The van der Waals surface area contributed by atoms with Crippen LogP contribution in [0.15, 0.2) is 30.3 Å². The third-order valence-corrected chi connectivity index (χ3v) is 3.54. The Morgan fingerprint density at radius 3 is 2.69 bits per heavy atom. The third-order valence-electron chi connectivity index (χ3n) is 3.54. The van der Waals surface area contributed by atoms with E-state index in [2.05, 4.69) is 36.5 Å². The molecule has 0 aromatic heterocycles. The van der Waals surface area contributed by atoms with E-state index in [1.54, 1.807) is 0 Å². The summed E-state index contributed by atoms with van der Waals surface area (Å²) in [6.07, 6.45) is 0.853. The van der Waals surface area contributed by atoms with Gasteiger partial charge in [0.2, 0.25) is 5.91 Å². The maximum absolute atomic E-state index is 11.1. The molecule has 0 aliphatic carbocycles. The molecule has 1 amide bonds. The van der Waals surface area contributed by atoms with Gasteiger partial charge in [-0.2, -0.15) is 0 Å². The molecule has 0 radical (unpaired) electrons. The van der Waals surface area contributed by atoms with Gasteiger partial charge >= 0.3 is 0 Å². The molecule has 3 unspecified atom stereocenters. The number of rotatable bonds is 3. The van der Waals surface area contributed by atoms with Crippen molar-refractivity contribution in [2.24, 2.45) is 11.7 Å². The smallest absolute Gasteiger partial charge is 0.234 e. The van der Waals surface area contributed by atoms with Crippen LogP contribution in [0.5, 0.6) is 0 Å². The van der Waals surface area contributed by atoms with Crippen molar-refractivity contribution >= 4 is 5.91 Å². The Kier molecular flexibility index (Phi) is 3.25. The Hall–Kier alpha value is -1.35. The van der Waals surface area contributed by atoms with Gasteiger partial charge in [0.05, 0.1) is 6.04 Å². The van der Waals surface area contributed by atoms with E-state index in [-0.39, 0.29) is 11.9 Å². The predicted octanol–water partition coefficient (Wildman–Crippen LogP) is 1.25. The van der Waals surface area contributed by atoms with Crippen LogP contribution >= 0.6 is 0 Å². The minimum atomic E-state index is -0.234. The van der Waals surface area contributed by atoms with Gasteiger partial charge in [-0.3, -0.25) is 4.79 Å². The first kappa shape index (κ1) is 11.1. The monoisotopic (exact) mass is 218 g/mol. The fraction of sp³-hybridized carbons (Fsp3) is 0.462. The number of amides is 1. The molecule has 0 spiro atoms. The van der Waals surface area contributed by atoms with Crippen LogP contribution in [0, 0.1) is 5.92 Å². The highest BCUT2D eigenvalue weighted by atomic mass is 16.1. The van der Waals surface area contributed by atoms with Gasteiger partial charge in [0.15, 0.2) is 0 Å². The maximum Gasteiger partial charge on any atom is 0.234 e. The molecule has 1 aliphatic rings. The second-order valence-electron chi connectivity index (χ2n) is 4.56. The van der Waals surface area contributed by atoms with Crippen LogP contribution in [0.1, 0.15) is 24.8 Å². The highest BCUT2D eigenvalue weighted by Crippen LogP contribution is 2.30. The molecule has 1 saturated heterocycles. The maximum atomic E-state index is 11.1. The van der Waals surface area contributed by atoms with Crippen LogP contribution in [-0.2, 0) is 4.79 Å². The molecule has 2 rings (SSSR count). The van der Waals surface area contributed by atoms with E-state index in [1.165, 1.54) is 5.56 Å². The summed E-state index contributed by atoms with van der Waals surface area (Å²) < 4.78 is 0. The van der Waals surface area contributed by atoms with Gasteiger partial charge in [0, 0.05) is 0 Å². The van der Waals surface area contributed by atoms with Crippen molar-refractivity contribution in [2.45, 2.75) is 25.3 Å². The lowest BCUT2D eigenvalue weighted by Gasteiger charge is -2.18. The summed E-state index contributed by atoms with van der Waals surface area (Å²) in [5.41, 5.74) is 6.63. The first-order valence-electron chi connectivity index (χ1n) is 5.76. The van der Waals surface area contributed by atoms with Crippen LogP contribution < -0.4 is 11.1 Å². The average Bonchev–Trinajstić information content (AvgIpc) is 2.78. The largest absolute Gasteiger partial charge is 0.368 e. The SMILES string of the molecule is CC(c1ccccc1)C1CNC(C(N)=O)C1. The number of nitrogens with one attached hydrogen (secondary N) is 1. The fourth-order valence-electron chi connectivity index (χ4n) is 2.39. The van der Waals surface area contributed by atoms with Crippen molar-refractivity contribution in [1.29, 1.82) is 0 Å². The van der Waals surface area contributed by atoms with Gasteiger partial charge in [-0.05, 0) is 30.4 Å². The minimum absolute atomic E-state index is 0.142. The highest BCUT2D eigenvalue weighted by molar-refractivity contribution is 5.80. The van der Waals surface area contributed by atoms with Crippen molar-refractivity contribution in [2.75, 3.05) is 6.54 Å². The van der Waals surface area contributed by atoms with Gasteiger partial charge in [0.1, 0.15) is 0 Å². The average molecular weight is 218 g/mol. The fourth-order valence-corrected chi connectivity index (χ4v) is 2.39. The normalized spacial score (nSPS) is 26.6. The zero-order valence-corrected chi connectivity index (χ0v) is 9.52. The van der Waals surface area contributed by atoms with Gasteiger partial charge in [-0.15, -0.1) is 0 Å². The number of carbonyl (C=O) groups is 1. The molecule has 3 heteroatoms. The summed E-state index contributed by atoms with van der Waals surface area (Å²) >= 11 is 0. The van der Waals surface area contributed by atoms with E-state index in [4.69, 9.17) is 5.73 Å². The van der Waals surface area contributed by atoms with Gasteiger partial charge in [0.25, 0.3) is 0 Å². The van der Waals surface area contributed by atoms with Crippen LogP contribution in [0.4, 0.5) is 0 Å². The van der Waals surface area contributed by atoms with Crippen molar-refractivity contribution in [3.63, 3.8) is 0 Å². The number of carbonyl (C=O) groups excluding carboxylic acids is 1. The number of hydrogen-bond donors (Lipinski definition) is 2. The second-order valence-corrected chi connectivity index (χ2v) is 4.56. The van der Waals surface area contributed by atoms with Gasteiger partial charge < -0.3 is 11.1 Å². The Labute approximate surface area is 96.0 Å². The van der Waals surface area contributed by atoms with E-state index in [0.29, 0.717) is 11.8 Å². The molecule has 3 N–H and O–H groups in total. The molecular weight excluding hydrogens is 200 g/mol. The van der Waals surface area contributed by atoms with E-state index in [9.17, 15) is 4.79 Å². The molecule has 16 heavy (non-hydrogen) atoms. The molecule has 1 heterocycles. The standard InChI is InChI=1S/C13H18N2O/c1-9(10-5-3-2-4-6-10)11-7-12(13(14)16)15-8-11/h2-6,9,11-12,15H,7-8H2,1H3,(H2,14,16). The summed E-state index contributed by atoms with van der Waals surface area (Å²) in [6.45, 7) is 3.09. The Balaban J connectivity index is 2.02. The van der Waals surface area contributed by atoms with Crippen molar-refractivity contribution in [1.82, 2.24) is 5.32 Å². The highest BCUT2D eigenvalue weighted by Gasteiger charge is 2.31. The summed E-state index contributed by atoms with van der Waals surface area (Å²) in [5.74, 6) is 0.737. The minimum Gasteiger partial charge on any atom is -0.368 e. The number of hydrogen-bond acceptors (Lipinski definition) is 2. The van der Waals surface area contributed by atoms with E-state index in [0.717, 1.165) is 13.0 Å². The summed E-state index contributed by atoms with van der Waals surface area (Å²) in [4.78, 5) is 11.1. The van der Waals surface area contributed by atoms with Gasteiger partial charge in [-0.1, -0.05) is 37.3 Å². The Bertz CT molecular complexity index is 363. The number of benzene rings is 1. The lowest BCUT2D eigenvalue weighted by molar-refractivity contribution is -0.119. The number of primary amides is 1. The van der Waals surface area contributed by atoms with Crippen molar-refractivity contribution in [3.8, 4) is 0 Å². The lowest BCUT2D eigenvalue weighted by Crippen LogP contribution is -2.36. The molecule has 3 nitrogen and oxygen atoms in total. The second kappa shape index (κ2) is 4.66. The molecule has 1 aromatic rings.